The standard InChI is InChI=1S/C18H19ClFNO4/c19-15-10-13(20)6-7-14(15)17(23)16(22)8-9-21-18(24)25-11-12-4-2-1-3-5-12/h1-7,10,16-17,22-23H,8-9,11H2,(H,21,24). The summed E-state index contributed by atoms with van der Waals surface area (Å²) in [6.45, 7) is 0.244. The minimum atomic E-state index is -1.28. The van der Waals surface area contributed by atoms with Gasteiger partial charge in [0.2, 0.25) is 0 Å². The summed E-state index contributed by atoms with van der Waals surface area (Å²) in [6.07, 6.45) is -2.99. The van der Waals surface area contributed by atoms with Crippen molar-refractivity contribution in [3.8, 4) is 0 Å². The zero-order valence-corrected chi connectivity index (χ0v) is 14.1. The SMILES string of the molecule is O=C(NCCC(O)C(O)c1ccc(F)cc1Cl)OCc1ccccc1. The van der Waals surface area contributed by atoms with Crippen molar-refractivity contribution in [2.24, 2.45) is 0 Å². The first-order valence-electron chi connectivity index (χ1n) is 7.73. The van der Waals surface area contributed by atoms with Crippen LogP contribution in [0.2, 0.25) is 5.02 Å². The van der Waals surface area contributed by atoms with Gasteiger partial charge < -0.3 is 20.3 Å². The van der Waals surface area contributed by atoms with E-state index in [0.717, 1.165) is 17.7 Å². The van der Waals surface area contributed by atoms with E-state index in [1.54, 1.807) is 0 Å². The molecule has 0 aliphatic carbocycles. The molecule has 2 aromatic rings. The van der Waals surface area contributed by atoms with Crippen LogP contribution in [-0.2, 0) is 11.3 Å². The van der Waals surface area contributed by atoms with Gasteiger partial charge in [-0.2, -0.15) is 0 Å². The fourth-order valence-electron chi connectivity index (χ4n) is 2.20. The van der Waals surface area contributed by atoms with Crippen molar-refractivity contribution in [3.05, 3.63) is 70.5 Å². The van der Waals surface area contributed by atoms with Crippen molar-refractivity contribution in [2.75, 3.05) is 6.54 Å². The highest BCUT2D eigenvalue weighted by molar-refractivity contribution is 6.31. The lowest BCUT2D eigenvalue weighted by atomic mass is 10.0. The van der Waals surface area contributed by atoms with E-state index >= 15 is 0 Å². The molecule has 0 radical (unpaired) electrons. The van der Waals surface area contributed by atoms with Crippen LogP contribution in [0, 0.1) is 5.82 Å². The molecular formula is C18H19ClFNO4. The normalized spacial score (nSPS) is 13.1. The first-order chi connectivity index (χ1) is 12.0. The molecule has 2 rings (SSSR count). The predicted octanol–water partition coefficient (Wildman–Crippen LogP) is 3.19. The Kier molecular flexibility index (Phi) is 7.18. The monoisotopic (exact) mass is 367 g/mol. The number of nitrogens with one attached hydrogen (secondary N) is 1. The molecule has 3 N–H and O–H groups in total. The van der Waals surface area contributed by atoms with Gasteiger partial charge in [0.05, 0.1) is 6.10 Å². The molecule has 2 atom stereocenters. The summed E-state index contributed by atoms with van der Waals surface area (Å²) in [5, 5.41) is 22.6. The lowest BCUT2D eigenvalue weighted by Gasteiger charge is -2.19. The summed E-state index contributed by atoms with van der Waals surface area (Å²) >= 11 is 5.85. The summed E-state index contributed by atoms with van der Waals surface area (Å²) in [7, 11) is 0. The highest BCUT2D eigenvalue weighted by Crippen LogP contribution is 2.27. The van der Waals surface area contributed by atoms with Gasteiger partial charge in [0.15, 0.2) is 0 Å². The zero-order chi connectivity index (χ0) is 18.2. The summed E-state index contributed by atoms with van der Waals surface area (Å²) < 4.78 is 18.0. The molecule has 5 nitrogen and oxygen atoms in total. The molecule has 0 spiro atoms. The quantitative estimate of drug-likeness (QED) is 0.702. The van der Waals surface area contributed by atoms with Crippen LogP contribution in [-0.4, -0.2) is 29.0 Å². The number of rotatable bonds is 7. The third-order valence-electron chi connectivity index (χ3n) is 3.57. The maximum Gasteiger partial charge on any atom is 0.407 e. The first-order valence-corrected chi connectivity index (χ1v) is 8.11. The summed E-state index contributed by atoms with van der Waals surface area (Å²) in [6, 6.07) is 12.7. The van der Waals surface area contributed by atoms with Crippen molar-refractivity contribution >= 4 is 17.7 Å². The Morgan fingerprint density at radius 1 is 1.20 bits per heavy atom. The largest absolute Gasteiger partial charge is 0.445 e. The van der Waals surface area contributed by atoms with Crippen molar-refractivity contribution in [1.29, 1.82) is 0 Å². The third kappa shape index (κ3) is 6.01. The molecule has 0 heterocycles. The molecule has 0 aromatic heterocycles. The van der Waals surface area contributed by atoms with E-state index in [1.807, 2.05) is 30.3 Å². The lowest BCUT2D eigenvalue weighted by Crippen LogP contribution is -2.29. The predicted molar refractivity (Wildman–Crippen MR) is 91.6 cm³/mol. The van der Waals surface area contributed by atoms with Gasteiger partial charge in [-0.3, -0.25) is 0 Å². The van der Waals surface area contributed by atoms with Gasteiger partial charge in [-0.25, -0.2) is 9.18 Å². The second-order valence-corrected chi connectivity index (χ2v) is 5.86. The summed E-state index contributed by atoms with van der Waals surface area (Å²) in [5.74, 6) is -0.529. The van der Waals surface area contributed by atoms with E-state index < -0.39 is 24.1 Å². The van der Waals surface area contributed by atoms with Crippen molar-refractivity contribution in [3.63, 3.8) is 0 Å². The second-order valence-electron chi connectivity index (χ2n) is 5.46. The number of alkyl carbamates (subject to hydrolysis) is 1. The molecule has 134 valence electrons. The highest BCUT2D eigenvalue weighted by atomic mass is 35.5. The number of amides is 1. The van der Waals surface area contributed by atoms with Crippen LogP contribution >= 0.6 is 11.6 Å². The van der Waals surface area contributed by atoms with Gasteiger partial charge in [-0.05, 0) is 24.1 Å². The minimum absolute atomic E-state index is 0.0294. The van der Waals surface area contributed by atoms with Crippen LogP contribution in [0.4, 0.5) is 9.18 Å². The average Bonchev–Trinajstić information content (AvgIpc) is 2.60. The number of aliphatic hydroxyl groups excluding tert-OH is 2. The van der Waals surface area contributed by atoms with Gasteiger partial charge >= 0.3 is 6.09 Å². The second kappa shape index (κ2) is 9.36. The summed E-state index contributed by atoms with van der Waals surface area (Å²) in [5.41, 5.74) is 1.08. The number of halogens is 2. The van der Waals surface area contributed by atoms with Crippen LogP contribution in [0.25, 0.3) is 0 Å². The highest BCUT2D eigenvalue weighted by Gasteiger charge is 2.21. The number of aliphatic hydroxyl groups is 2. The van der Waals surface area contributed by atoms with Gasteiger partial charge in [0.25, 0.3) is 0 Å². The maximum absolute atomic E-state index is 13.0. The van der Waals surface area contributed by atoms with E-state index in [-0.39, 0.29) is 30.2 Å². The molecule has 0 saturated heterocycles. The van der Waals surface area contributed by atoms with E-state index in [2.05, 4.69) is 5.32 Å². The Balaban J connectivity index is 1.74. The van der Waals surface area contributed by atoms with Crippen LogP contribution in [0.1, 0.15) is 23.7 Å². The van der Waals surface area contributed by atoms with Crippen molar-refractivity contribution in [1.82, 2.24) is 5.32 Å². The molecule has 0 saturated carbocycles. The van der Waals surface area contributed by atoms with Crippen LogP contribution in [0.15, 0.2) is 48.5 Å². The third-order valence-corrected chi connectivity index (χ3v) is 3.90. The Morgan fingerprint density at radius 3 is 2.60 bits per heavy atom. The van der Waals surface area contributed by atoms with Gasteiger partial charge in [-0.15, -0.1) is 0 Å². The maximum atomic E-state index is 13.0. The van der Waals surface area contributed by atoms with Crippen LogP contribution < -0.4 is 5.32 Å². The number of carbonyl (C=O) groups excluding carboxylic acids is 1. The van der Waals surface area contributed by atoms with Gasteiger partial charge in [0.1, 0.15) is 18.5 Å². The van der Waals surface area contributed by atoms with E-state index in [4.69, 9.17) is 16.3 Å². The number of carbonyl (C=O) groups is 1. The van der Waals surface area contributed by atoms with E-state index in [9.17, 15) is 19.4 Å². The Hall–Kier alpha value is -2.15. The smallest absolute Gasteiger partial charge is 0.407 e. The van der Waals surface area contributed by atoms with Crippen LogP contribution in [0.3, 0.4) is 0 Å². The van der Waals surface area contributed by atoms with Crippen LogP contribution in [0.5, 0.6) is 0 Å². The fourth-order valence-corrected chi connectivity index (χ4v) is 2.48. The Labute approximate surface area is 150 Å². The number of hydrogen-bond acceptors (Lipinski definition) is 4. The summed E-state index contributed by atoms with van der Waals surface area (Å²) in [4.78, 5) is 11.6. The van der Waals surface area contributed by atoms with E-state index in [1.165, 1.54) is 6.07 Å². The van der Waals surface area contributed by atoms with Gasteiger partial charge in [0, 0.05) is 17.1 Å². The lowest BCUT2D eigenvalue weighted by molar-refractivity contribution is 0.0136. The molecule has 0 aliphatic rings. The zero-order valence-electron chi connectivity index (χ0n) is 13.4. The topological polar surface area (TPSA) is 78.8 Å². The molecule has 25 heavy (non-hydrogen) atoms. The molecule has 0 fully saturated rings. The van der Waals surface area contributed by atoms with Gasteiger partial charge in [-0.1, -0.05) is 48.0 Å². The molecule has 1 amide bonds. The number of ether oxygens (including phenoxy) is 1. The van der Waals surface area contributed by atoms with Crippen molar-refractivity contribution in [2.45, 2.75) is 25.2 Å². The minimum Gasteiger partial charge on any atom is -0.445 e. The fraction of sp³-hybridized carbons (Fsp3) is 0.278. The Bertz CT molecular complexity index is 699. The van der Waals surface area contributed by atoms with Crippen molar-refractivity contribution < 1.29 is 24.1 Å². The molecule has 2 unspecified atom stereocenters. The molecule has 7 heteroatoms. The first kappa shape index (κ1) is 19.2. The molecule has 2 aromatic carbocycles. The molecule has 0 bridgehead atoms. The Morgan fingerprint density at radius 2 is 1.92 bits per heavy atom. The van der Waals surface area contributed by atoms with E-state index in [0.29, 0.717) is 0 Å². The average molecular weight is 368 g/mol. The molecular weight excluding hydrogens is 349 g/mol. The number of benzene rings is 2. The number of hydrogen-bond donors (Lipinski definition) is 3. The molecule has 0 aliphatic heterocycles.